The lowest BCUT2D eigenvalue weighted by molar-refractivity contribution is -0.284. The number of hydrogen-bond acceptors (Lipinski definition) is 8. The smallest absolute Gasteiger partial charge is 0.453 e. The van der Waals surface area contributed by atoms with E-state index in [9.17, 15) is 31.5 Å². The first-order valence-corrected chi connectivity index (χ1v) is 17.5. The molecule has 0 saturated carbocycles. The summed E-state index contributed by atoms with van der Waals surface area (Å²) in [6.07, 6.45) is -2.41. The number of alkyl halides is 5. The Kier molecular flexibility index (Phi) is 16.4. The number of ether oxygens (including phenoxy) is 6. The van der Waals surface area contributed by atoms with E-state index in [0.717, 1.165) is 49.0 Å². The zero-order valence-corrected chi connectivity index (χ0v) is 30.0. The summed E-state index contributed by atoms with van der Waals surface area (Å²) in [4.78, 5) is 25.1. The standard InChI is InChI=1S/C38H51F5O8/c1-5-48-35(45)31(13-12-22-37(39,40)38(41,42)43)33(44)15-11-9-7-6-8-10-14-32-30-21-20-29(51-26-47-4)23-34(30)49-24-36(32,2)27-16-18-28(19-17-27)50-25-46-3/h16-21,23,31-32H,5-15,22,24-26H2,1-4H3. The van der Waals surface area contributed by atoms with Gasteiger partial charge in [-0.2, -0.15) is 22.0 Å². The molecule has 3 unspecified atom stereocenters. The average Bonchev–Trinajstić information content (AvgIpc) is 3.09. The van der Waals surface area contributed by atoms with E-state index in [-0.39, 0.29) is 37.9 Å². The largest absolute Gasteiger partial charge is 0.492 e. The van der Waals surface area contributed by atoms with Crippen molar-refractivity contribution >= 4 is 11.8 Å². The second-order valence-corrected chi connectivity index (χ2v) is 13.1. The van der Waals surface area contributed by atoms with Gasteiger partial charge in [0, 0.05) is 44.5 Å². The Hall–Kier alpha value is -3.45. The molecule has 2 aromatic carbocycles. The first-order valence-electron chi connectivity index (χ1n) is 17.5. The highest BCUT2D eigenvalue weighted by Gasteiger charge is 2.56. The Balaban J connectivity index is 1.54. The minimum absolute atomic E-state index is 0.0279. The SMILES string of the molecule is CCOC(=O)C(CCCC(F)(F)C(F)(F)F)C(=O)CCCCCCCCC1c2ccc(OCOC)cc2OCC1(C)c1ccc(OCOC)cc1. The number of carbonyl (C=O) groups is 2. The van der Waals surface area contributed by atoms with Crippen LogP contribution in [0.3, 0.4) is 0 Å². The van der Waals surface area contributed by atoms with Crippen LogP contribution in [0.15, 0.2) is 42.5 Å². The zero-order valence-electron chi connectivity index (χ0n) is 30.0. The second kappa shape index (κ2) is 20.0. The normalized spacial score (nSPS) is 18.0. The minimum atomic E-state index is -5.68. The highest BCUT2D eigenvalue weighted by Crippen LogP contribution is 2.50. The van der Waals surface area contributed by atoms with Gasteiger partial charge < -0.3 is 28.4 Å². The molecule has 0 radical (unpaired) electrons. The molecule has 0 bridgehead atoms. The van der Waals surface area contributed by atoms with E-state index in [2.05, 4.69) is 25.1 Å². The van der Waals surface area contributed by atoms with Crippen molar-refractivity contribution in [2.45, 2.75) is 108 Å². The van der Waals surface area contributed by atoms with Gasteiger partial charge in [0.05, 0.1) is 13.2 Å². The molecule has 1 aliphatic heterocycles. The minimum Gasteiger partial charge on any atom is -0.492 e. The van der Waals surface area contributed by atoms with Crippen LogP contribution >= 0.6 is 0 Å². The van der Waals surface area contributed by atoms with Crippen LogP contribution in [0.2, 0.25) is 0 Å². The molecule has 0 fully saturated rings. The fourth-order valence-corrected chi connectivity index (χ4v) is 6.49. The topological polar surface area (TPSA) is 89.5 Å². The molecule has 8 nitrogen and oxygen atoms in total. The number of esters is 1. The van der Waals surface area contributed by atoms with Gasteiger partial charge in [-0.15, -0.1) is 0 Å². The molecule has 3 rings (SSSR count). The van der Waals surface area contributed by atoms with E-state index in [1.54, 1.807) is 14.2 Å². The fourth-order valence-electron chi connectivity index (χ4n) is 6.49. The van der Waals surface area contributed by atoms with Crippen LogP contribution < -0.4 is 14.2 Å². The molecule has 0 aromatic heterocycles. The molecular formula is C38H51F5O8. The van der Waals surface area contributed by atoms with Crippen LogP contribution in [0, 0.1) is 5.92 Å². The molecule has 3 atom stereocenters. The lowest BCUT2D eigenvalue weighted by atomic mass is 9.66. The quantitative estimate of drug-likeness (QED) is 0.0368. The molecule has 0 N–H and O–H groups in total. The third-order valence-corrected chi connectivity index (χ3v) is 9.38. The summed E-state index contributed by atoms with van der Waals surface area (Å²) in [5.41, 5.74) is 1.91. The highest BCUT2D eigenvalue weighted by atomic mass is 19.4. The van der Waals surface area contributed by atoms with Crippen molar-refractivity contribution in [3.63, 3.8) is 0 Å². The van der Waals surface area contributed by atoms with Crippen LogP contribution in [0.4, 0.5) is 22.0 Å². The monoisotopic (exact) mass is 730 g/mol. The number of Topliss-reactive ketones (excluding diaryl/α,β-unsaturated/α-hetero) is 1. The summed E-state index contributed by atoms with van der Waals surface area (Å²) >= 11 is 0. The number of ketones is 1. The Morgan fingerprint density at radius 3 is 2.10 bits per heavy atom. The first kappa shape index (κ1) is 42.0. The maximum Gasteiger partial charge on any atom is 0.453 e. The molecule has 1 heterocycles. The van der Waals surface area contributed by atoms with Crippen molar-refractivity contribution in [2.24, 2.45) is 5.92 Å². The molecule has 13 heteroatoms. The average molecular weight is 731 g/mol. The van der Waals surface area contributed by atoms with Gasteiger partial charge in [0.15, 0.2) is 13.6 Å². The fraction of sp³-hybridized carbons (Fsp3) is 0.632. The van der Waals surface area contributed by atoms with Crippen molar-refractivity contribution in [3.8, 4) is 17.2 Å². The van der Waals surface area contributed by atoms with Crippen molar-refractivity contribution in [1.29, 1.82) is 0 Å². The summed E-state index contributed by atoms with van der Waals surface area (Å²) in [5, 5.41) is 0. The van der Waals surface area contributed by atoms with Crippen molar-refractivity contribution in [2.75, 3.05) is 41.0 Å². The summed E-state index contributed by atoms with van der Waals surface area (Å²) in [5.74, 6) is -5.29. The van der Waals surface area contributed by atoms with Gasteiger partial charge in [0.2, 0.25) is 0 Å². The molecule has 1 aliphatic rings. The number of fused-ring (bicyclic) bond motifs is 1. The number of methoxy groups -OCH3 is 2. The Morgan fingerprint density at radius 2 is 1.47 bits per heavy atom. The second-order valence-electron chi connectivity index (χ2n) is 13.1. The van der Waals surface area contributed by atoms with Crippen molar-refractivity contribution in [1.82, 2.24) is 0 Å². The van der Waals surface area contributed by atoms with Gasteiger partial charge in [0.25, 0.3) is 0 Å². The number of rotatable bonds is 23. The predicted molar refractivity (Wildman–Crippen MR) is 180 cm³/mol. The summed E-state index contributed by atoms with van der Waals surface area (Å²) in [7, 11) is 3.13. The highest BCUT2D eigenvalue weighted by molar-refractivity contribution is 5.98. The number of hydrogen-bond donors (Lipinski definition) is 0. The number of halogens is 5. The van der Waals surface area contributed by atoms with Crippen molar-refractivity contribution < 1.29 is 60.0 Å². The van der Waals surface area contributed by atoms with E-state index >= 15 is 0 Å². The molecule has 51 heavy (non-hydrogen) atoms. The molecule has 2 aromatic rings. The maximum absolute atomic E-state index is 13.3. The molecule has 0 saturated heterocycles. The zero-order chi connectivity index (χ0) is 37.5. The van der Waals surface area contributed by atoms with Crippen LogP contribution in [-0.4, -0.2) is 64.9 Å². The number of carbonyl (C=O) groups excluding carboxylic acids is 2. The van der Waals surface area contributed by atoms with Crippen LogP contribution in [0.1, 0.15) is 102 Å². The Morgan fingerprint density at radius 1 is 0.863 bits per heavy atom. The van der Waals surface area contributed by atoms with Crippen molar-refractivity contribution in [3.05, 3.63) is 53.6 Å². The molecule has 286 valence electrons. The van der Waals surface area contributed by atoms with Gasteiger partial charge in [-0.25, -0.2) is 0 Å². The number of unbranched alkanes of at least 4 members (excludes halogenated alkanes) is 5. The van der Waals surface area contributed by atoms with E-state index in [1.807, 2.05) is 24.3 Å². The van der Waals surface area contributed by atoms with Crippen LogP contribution in [-0.2, 0) is 29.2 Å². The first-order chi connectivity index (χ1) is 24.3. The Bertz CT molecular complexity index is 1370. The molecule has 0 spiro atoms. The van der Waals surface area contributed by atoms with Gasteiger partial charge in [0.1, 0.15) is 28.9 Å². The third kappa shape index (κ3) is 12.1. The van der Waals surface area contributed by atoms with Gasteiger partial charge in [-0.3, -0.25) is 9.59 Å². The van der Waals surface area contributed by atoms with E-state index in [4.69, 9.17) is 28.4 Å². The Labute approximate surface area is 297 Å². The summed E-state index contributed by atoms with van der Waals surface area (Å²) in [6, 6.07) is 13.9. The van der Waals surface area contributed by atoms with E-state index in [1.165, 1.54) is 6.92 Å². The van der Waals surface area contributed by atoms with Gasteiger partial charge in [-0.1, -0.05) is 57.2 Å². The van der Waals surface area contributed by atoms with E-state index < -0.39 is 49.0 Å². The third-order valence-electron chi connectivity index (χ3n) is 9.38. The van der Waals surface area contributed by atoms with Gasteiger partial charge >= 0.3 is 18.1 Å². The lowest BCUT2D eigenvalue weighted by Gasteiger charge is -2.43. The predicted octanol–water partition coefficient (Wildman–Crippen LogP) is 9.32. The molecule has 0 aliphatic carbocycles. The summed E-state index contributed by atoms with van der Waals surface area (Å²) in [6.45, 7) is 4.48. The number of benzene rings is 2. The van der Waals surface area contributed by atoms with E-state index in [0.29, 0.717) is 30.9 Å². The van der Waals surface area contributed by atoms with Gasteiger partial charge in [-0.05, 0) is 61.9 Å². The van der Waals surface area contributed by atoms with Crippen LogP contribution in [0.25, 0.3) is 0 Å². The molecular weight excluding hydrogens is 679 g/mol. The molecule has 0 amide bonds. The van der Waals surface area contributed by atoms with Crippen LogP contribution in [0.5, 0.6) is 17.2 Å². The summed E-state index contributed by atoms with van der Waals surface area (Å²) < 4.78 is 96.8. The lowest BCUT2D eigenvalue weighted by Crippen LogP contribution is -2.40. The maximum atomic E-state index is 13.3.